The zero-order valence-corrected chi connectivity index (χ0v) is 12.4. The molecule has 0 heterocycles. The van der Waals surface area contributed by atoms with Crippen molar-refractivity contribution < 1.29 is 14.8 Å². The van der Waals surface area contributed by atoms with Gasteiger partial charge in [-0.15, -0.1) is 0 Å². The van der Waals surface area contributed by atoms with Crippen LogP contribution in [0.1, 0.15) is 25.7 Å². The van der Waals surface area contributed by atoms with Crippen molar-refractivity contribution in [2.45, 2.75) is 31.7 Å². The topological polar surface area (TPSA) is 83.7 Å². The molecule has 2 rings (SSSR count). The number of nitrogens with zero attached hydrogens (tertiary/aromatic N) is 2. The van der Waals surface area contributed by atoms with E-state index in [0.29, 0.717) is 10.2 Å². The molecule has 0 unspecified atom stereocenters. The van der Waals surface area contributed by atoms with Crippen LogP contribution in [0.15, 0.2) is 22.7 Å². The first kappa shape index (κ1) is 14.8. The highest BCUT2D eigenvalue weighted by molar-refractivity contribution is 9.10. The molecule has 1 aromatic carbocycles. The second-order valence-electron chi connectivity index (χ2n) is 4.85. The molecule has 0 saturated heterocycles. The van der Waals surface area contributed by atoms with Crippen LogP contribution in [-0.4, -0.2) is 28.6 Å². The summed E-state index contributed by atoms with van der Waals surface area (Å²) in [6.45, 7) is -0.0962. The number of non-ortho nitro benzene ring substituents is 1. The molecule has 7 heteroatoms. The first-order valence-corrected chi connectivity index (χ1v) is 7.20. The second-order valence-corrected chi connectivity index (χ2v) is 5.71. The van der Waals surface area contributed by atoms with E-state index in [1.54, 1.807) is 6.07 Å². The maximum atomic E-state index is 11.1. The molecule has 0 spiro atoms. The molecule has 1 saturated carbocycles. The van der Waals surface area contributed by atoms with Crippen LogP contribution in [0.3, 0.4) is 0 Å². The summed E-state index contributed by atoms with van der Waals surface area (Å²) in [6.07, 6.45) is 4.09. The Kier molecular flexibility index (Phi) is 4.59. The standard InChI is InChI=1S/C13H15BrN2O4/c14-11-7-10(16(19)20)5-6-12(11)15(8-13(17)18)9-3-1-2-4-9/h5-7,9H,1-4,8H2,(H,17,18). The molecule has 1 aliphatic rings. The van der Waals surface area contributed by atoms with E-state index in [-0.39, 0.29) is 18.3 Å². The molecule has 0 amide bonds. The van der Waals surface area contributed by atoms with Crippen LogP contribution in [0.2, 0.25) is 0 Å². The number of carboxylic acids is 1. The lowest BCUT2D eigenvalue weighted by Crippen LogP contribution is -2.37. The Bertz CT molecular complexity index is 529. The number of aliphatic carboxylic acids is 1. The van der Waals surface area contributed by atoms with E-state index in [0.717, 1.165) is 25.7 Å². The van der Waals surface area contributed by atoms with Crippen molar-refractivity contribution >= 4 is 33.3 Å². The zero-order chi connectivity index (χ0) is 14.7. The van der Waals surface area contributed by atoms with Crippen molar-refractivity contribution in [2.24, 2.45) is 0 Å². The van der Waals surface area contributed by atoms with Crippen molar-refractivity contribution in [3.63, 3.8) is 0 Å². The van der Waals surface area contributed by atoms with Gasteiger partial charge in [-0.25, -0.2) is 0 Å². The van der Waals surface area contributed by atoms with Crippen LogP contribution in [-0.2, 0) is 4.79 Å². The van der Waals surface area contributed by atoms with E-state index in [9.17, 15) is 14.9 Å². The maximum absolute atomic E-state index is 11.1. The molecule has 0 radical (unpaired) electrons. The number of halogens is 1. The minimum Gasteiger partial charge on any atom is -0.480 e. The summed E-state index contributed by atoms with van der Waals surface area (Å²) < 4.78 is 0.555. The highest BCUT2D eigenvalue weighted by Crippen LogP contribution is 2.35. The van der Waals surface area contributed by atoms with Crippen LogP contribution < -0.4 is 4.90 Å². The fraction of sp³-hybridized carbons (Fsp3) is 0.462. The first-order chi connectivity index (χ1) is 9.49. The molecule has 108 valence electrons. The first-order valence-electron chi connectivity index (χ1n) is 6.41. The molecular formula is C13H15BrN2O4. The van der Waals surface area contributed by atoms with Gasteiger partial charge in [0.05, 0.1) is 10.6 Å². The molecule has 1 fully saturated rings. The largest absolute Gasteiger partial charge is 0.480 e. The molecule has 0 aliphatic heterocycles. The third kappa shape index (κ3) is 3.27. The number of carboxylic acid groups (broad SMARTS) is 1. The summed E-state index contributed by atoms with van der Waals surface area (Å²) in [5.41, 5.74) is 0.687. The number of nitro benzene ring substituents is 1. The van der Waals surface area contributed by atoms with Gasteiger partial charge >= 0.3 is 5.97 Å². The van der Waals surface area contributed by atoms with Crippen molar-refractivity contribution in [2.75, 3.05) is 11.4 Å². The van der Waals surface area contributed by atoms with Crippen LogP contribution in [0.5, 0.6) is 0 Å². The van der Waals surface area contributed by atoms with Gasteiger partial charge in [0.2, 0.25) is 0 Å². The number of nitro groups is 1. The lowest BCUT2D eigenvalue weighted by molar-refractivity contribution is -0.384. The molecule has 0 aromatic heterocycles. The summed E-state index contributed by atoms with van der Waals surface area (Å²) in [4.78, 5) is 23.2. The molecule has 6 nitrogen and oxygen atoms in total. The smallest absolute Gasteiger partial charge is 0.323 e. The van der Waals surface area contributed by atoms with Crippen LogP contribution in [0, 0.1) is 10.1 Å². The Labute approximate surface area is 124 Å². The Morgan fingerprint density at radius 2 is 2.10 bits per heavy atom. The van der Waals surface area contributed by atoms with Crippen molar-refractivity contribution in [3.8, 4) is 0 Å². The molecule has 20 heavy (non-hydrogen) atoms. The molecule has 1 N–H and O–H groups in total. The summed E-state index contributed by atoms with van der Waals surface area (Å²) in [7, 11) is 0. The number of carbonyl (C=O) groups is 1. The Hall–Kier alpha value is -1.63. The SMILES string of the molecule is O=C(O)CN(c1ccc([N+](=O)[O-])cc1Br)C1CCCC1. The number of benzene rings is 1. The van der Waals surface area contributed by atoms with E-state index >= 15 is 0 Å². The molecule has 0 bridgehead atoms. The Morgan fingerprint density at radius 1 is 1.45 bits per heavy atom. The monoisotopic (exact) mass is 342 g/mol. The average molecular weight is 343 g/mol. The number of hydrogen-bond donors (Lipinski definition) is 1. The van der Waals surface area contributed by atoms with E-state index in [1.807, 2.05) is 4.90 Å². The van der Waals surface area contributed by atoms with Crippen molar-refractivity contribution in [1.29, 1.82) is 0 Å². The Morgan fingerprint density at radius 3 is 2.60 bits per heavy atom. The van der Waals surface area contributed by atoms with Crippen LogP contribution >= 0.6 is 15.9 Å². The van der Waals surface area contributed by atoms with Crippen molar-refractivity contribution in [1.82, 2.24) is 0 Å². The third-order valence-electron chi connectivity index (χ3n) is 3.52. The van der Waals surface area contributed by atoms with Gasteiger partial charge in [-0.3, -0.25) is 14.9 Å². The maximum Gasteiger partial charge on any atom is 0.323 e. The second kappa shape index (κ2) is 6.21. The highest BCUT2D eigenvalue weighted by Gasteiger charge is 2.26. The van der Waals surface area contributed by atoms with Crippen molar-refractivity contribution in [3.05, 3.63) is 32.8 Å². The molecule has 0 atom stereocenters. The number of rotatable bonds is 5. The van der Waals surface area contributed by atoms with E-state index in [4.69, 9.17) is 5.11 Å². The summed E-state index contributed by atoms with van der Waals surface area (Å²) in [5.74, 6) is -0.901. The fourth-order valence-electron chi connectivity index (χ4n) is 2.61. The lowest BCUT2D eigenvalue weighted by Gasteiger charge is -2.30. The van der Waals surface area contributed by atoms with Crippen LogP contribution in [0.25, 0.3) is 0 Å². The normalized spacial score (nSPS) is 15.2. The molecule has 1 aliphatic carbocycles. The van der Waals surface area contributed by atoms with Gasteiger partial charge in [-0.05, 0) is 34.8 Å². The van der Waals surface area contributed by atoms with Gasteiger partial charge in [-0.2, -0.15) is 0 Å². The molecule has 1 aromatic rings. The predicted molar refractivity (Wildman–Crippen MR) is 78.0 cm³/mol. The van der Waals surface area contributed by atoms with Gasteiger partial charge in [0, 0.05) is 22.6 Å². The van der Waals surface area contributed by atoms with Gasteiger partial charge in [0.1, 0.15) is 6.54 Å². The Balaban J connectivity index is 2.32. The van der Waals surface area contributed by atoms with E-state index in [1.165, 1.54) is 12.1 Å². The van der Waals surface area contributed by atoms with Gasteiger partial charge in [-0.1, -0.05) is 12.8 Å². The third-order valence-corrected chi connectivity index (χ3v) is 4.16. The van der Waals surface area contributed by atoms with E-state index < -0.39 is 10.9 Å². The fourth-order valence-corrected chi connectivity index (χ4v) is 3.21. The van der Waals surface area contributed by atoms with Gasteiger partial charge in [0.25, 0.3) is 5.69 Å². The highest BCUT2D eigenvalue weighted by atomic mass is 79.9. The van der Waals surface area contributed by atoms with Crippen LogP contribution in [0.4, 0.5) is 11.4 Å². The quantitative estimate of drug-likeness (QED) is 0.656. The molecular weight excluding hydrogens is 328 g/mol. The minimum absolute atomic E-state index is 0.0117. The van der Waals surface area contributed by atoms with Gasteiger partial charge in [0.15, 0.2) is 0 Å². The predicted octanol–water partition coefficient (Wildman–Crippen LogP) is 3.19. The van der Waals surface area contributed by atoms with E-state index in [2.05, 4.69) is 15.9 Å². The summed E-state index contributed by atoms with van der Waals surface area (Å²) in [6, 6.07) is 4.62. The summed E-state index contributed by atoms with van der Waals surface area (Å²) in [5, 5.41) is 19.8. The minimum atomic E-state index is -0.901. The van der Waals surface area contributed by atoms with Gasteiger partial charge < -0.3 is 10.0 Å². The zero-order valence-electron chi connectivity index (χ0n) is 10.8. The number of hydrogen-bond acceptors (Lipinski definition) is 4. The summed E-state index contributed by atoms with van der Waals surface area (Å²) >= 11 is 3.31. The lowest BCUT2D eigenvalue weighted by atomic mass is 10.1. The average Bonchev–Trinajstić information content (AvgIpc) is 2.89. The number of anilines is 1.